The monoisotopic (exact) mass is 467 g/mol. The number of hydrogen-bond donors (Lipinski definition) is 0. The maximum absolute atomic E-state index is 13.2. The van der Waals surface area contributed by atoms with Crippen LogP contribution in [0.15, 0.2) is 57.1 Å². The van der Waals surface area contributed by atoms with Gasteiger partial charge in [-0.3, -0.25) is 24.8 Å². The summed E-state index contributed by atoms with van der Waals surface area (Å²) in [6.45, 7) is 5.51. The minimum Gasteiger partial charge on any atom is -0.468 e. The lowest BCUT2D eigenvalue weighted by atomic mass is 9.78. The van der Waals surface area contributed by atoms with Crippen molar-refractivity contribution in [2.75, 3.05) is 20.3 Å². The van der Waals surface area contributed by atoms with Crippen molar-refractivity contribution >= 4 is 23.5 Å². The number of fused-ring (bicyclic) bond motifs is 1. The highest BCUT2D eigenvalue weighted by atomic mass is 16.6. The number of nitro groups is 1. The number of ether oxygens (including phenoxy) is 2. The molecule has 10 heteroatoms. The van der Waals surface area contributed by atoms with Crippen LogP contribution in [0.2, 0.25) is 0 Å². The topological polar surface area (TPSA) is 124 Å². The fourth-order valence-electron chi connectivity index (χ4n) is 4.56. The molecule has 0 bridgehead atoms. The van der Waals surface area contributed by atoms with Crippen LogP contribution in [0.4, 0.5) is 5.88 Å². The summed E-state index contributed by atoms with van der Waals surface area (Å²) in [7, 11) is 1.23. The molecule has 34 heavy (non-hydrogen) atoms. The molecule has 2 unspecified atom stereocenters. The van der Waals surface area contributed by atoms with E-state index >= 15 is 0 Å². The van der Waals surface area contributed by atoms with Crippen LogP contribution in [0.25, 0.3) is 0 Å². The third-order valence-corrected chi connectivity index (χ3v) is 6.15. The van der Waals surface area contributed by atoms with Crippen LogP contribution in [-0.2, 0) is 32.2 Å². The fourth-order valence-corrected chi connectivity index (χ4v) is 4.56. The van der Waals surface area contributed by atoms with Gasteiger partial charge in [-0.2, -0.15) is 0 Å². The van der Waals surface area contributed by atoms with Gasteiger partial charge in [0.2, 0.25) is 0 Å². The average molecular weight is 467 g/mol. The Labute approximate surface area is 196 Å². The number of methoxy groups -OCH3 is 1. The summed E-state index contributed by atoms with van der Waals surface area (Å²) in [5, 5.41) is 11.1. The number of hydrogen-bond acceptors (Lipinski definition) is 9. The zero-order chi connectivity index (χ0) is 24.4. The lowest BCUT2D eigenvalue weighted by Crippen LogP contribution is -2.36. The maximum atomic E-state index is 13.2. The number of nitrogens with zero attached hydrogens (tertiary/aromatic N) is 3. The molecule has 0 saturated carbocycles. The molecule has 2 aliphatic heterocycles. The van der Waals surface area contributed by atoms with E-state index in [1.165, 1.54) is 30.4 Å². The van der Waals surface area contributed by atoms with Gasteiger partial charge in [-0.05, 0) is 31.0 Å². The quantitative estimate of drug-likeness (QED) is 0.345. The van der Waals surface area contributed by atoms with Crippen LogP contribution in [0.5, 0.6) is 0 Å². The summed E-state index contributed by atoms with van der Waals surface area (Å²) >= 11 is 0. The summed E-state index contributed by atoms with van der Waals surface area (Å²) < 4.78 is 15.9. The zero-order valence-corrected chi connectivity index (χ0v) is 19.1. The smallest absolute Gasteiger partial charge is 0.433 e. The van der Waals surface area contributed by atoms with E-state index in [2.05, 4.69) is 22.0 Å². The van der Waals surface area contributed by atoms with Gasteiger partial charge < -0.3 is 13.9 Å². The SMILES string of the molecule is COC(=O)C1C(C)=NC(C)=C(C(=O)OCCN2Cc3ccccc3C2)C1c1ccc([N+](=O)[O-])o1. The number of carbonyl (C=O) groups excluding carboxylic acids is 2. The Hall–Kier alpha value is -3.79. The summed E-state index contributed by atoms with van der Waals surface area (Å²) in [5.41, 5.74) is 3.41. The van der Waals surface area contributed by atoms with Crippen molar-refractivity contribution in [1.29, 1.82) is 0 Å². The summed E-state index contributed by atoms with van der Waals surface area (Å²) in [5.74, 6) is -3.60. The molecule has 0 N–H and O–H groups in total. The van der Waals surface area contributed by atoms with Gasteiger partial charge in [-0.25, -0.2) is 4.79 Å². The maximum Gasteiger partial charge on any atom is 0.433 e. The van der Waals surface area contributed by atoms with Crippen molar-refractivity contribution in [3.05, 3.63) is 74.7 Å². The summed E-state index contributed by atoms with van der Waals surface area (Å²) in [6, 6.07) is 10.7. The van der Waals surface area contributed by atoms with Gasteiger partial charge in [0.1, 0.15) is 23.2 Å². The fraction of sp³-hybridized carbons (Fsp3) is 0.375. The van der Waals surface area contributed by atoms with Gasteiger partial charge in [0.25, 0.3) is 0 Å². The normalized spacial score (nSPS) is 20.0. The number of aliphatic imine (C=N–C) groups is 1. The standard InChI is InChI=1S/C24H25N3O7/c1-14-20(23(28)32-3)22(18-8-9-19(34-18)27(30)31)21(15(2)25-14)24(29)33-11-10-26-12-16-6-4-5-7-17(16)13-26/h4-9,20,22H,10-13H2,1-3H3. The first-order chi connectivity index (χ1) is 16.3. The van der Waals surface area contributed by atoms with Gasteiger partial charge in [0.15, 0.2) is 0 Å². The van der Waals surface area contributed by atoms with Crippen LogP contribution in [-0.4, -0.2) is 47.7 Å². The van der Waals surface area contributed by atoms with E-state index in [1.807, 2.05) is 12.1 Å². The van der Waals surface area contributed by atoms with Crippen LogP contribution in [0.1, 0.15) is 36.7 Å². The second kappa shape index (κ2) is 9.60. The Morgan fingerprint density at radius 2 is 1.85 bits per heavy atom. The Bertz CT molecular complexity index is 1170. The predicted molar refractivity (Wildman–Crippen MR) is 121 cm³/mol. The first-order valence-electron chi connectivity index (χ1n) is 10.8. The molecule has 10 nitrogen and oxygen atoms in total. The molecule has 2 aliphatic rings. The minimum absolute atomic E-state index is 0.0950. The Kier molecular flexibility index (Phi) is 6.60. The Morgan fingerprint density at radius 3 is 2.44 bits per heavy atom. The minimum atomic E-state index is -0.977. The first-order valence-corrected chi connectivity index (χ1v) is 10.8. The van der Waals surface area contributed by atoms with E-state index in [-0.39, 0.29) is 17.9 Å². The molecule has 178 valence electrons. The molecule has 2 aromatic rings. The molecule has 2 atom stereocenters. The number of furan rings is 1. The van der Waals surface area contributed by atoms with Crippen LogP contribution in [0.3, 0.4) is 0 Å². The predicted octanol–water partition coefficient (Wildman–Crippen LogP) is 3.37. The lowest BCUT2D eigenvalue weighted by Gasteiger charge is -2.29. The molecule has 0 spiro atoms. The third-order valence-electron chi connectivity index (χ3n) is 6.15. The summed E-state index contributed by atoms with van der Waals surface area (Å²) in [6.07, 6.45) is 0. The van der Waals surface area contributed by atoms with Crippen molar-refractivity contribution in [2.24, 2.45) is 10.9 Å². The molecule has 1 aromatic carbocycles. The number of carbonyl (C=O) groups is 2. The first kappa shape index (κ1) is 23.4. The van der Waals surface area contributed by atoms with Crippen molar-refractivity contribution in [3.8, 4) is 0 Å². The molecule has 1 aromatic heterocycles. The Balaban J connectivity index is 1.54. The highest BCUT2D eigenvalue weighted by Gasteiger charge is 2.44. The highest BCUT2D eigenvalue weighted by molar-refractivity contribution is 6.06. The third kappa shape index (κ3) is 4.49. The van der Waals surface area contributed by atoms with Crippen molar-refractivity contribution in [1.82, 2.24) is 4.90 Å². The van der Waals surface area contributed by atoms with Gasteiger partial charge in [0, 0.05) is 31.0 Å². The number of rotatable bonds is 7. The van der Waals surface area contributed by atoms with E-state index < -0.39 is 34.6 Å². The van der Waals surface area contributed by atoms with Gasteiger partial charge in [-0.15, -0.1) is 0 Å². The largest absolute Gasteiger partial charge is 0.468 e. The molecular weight excluding hydrogens is 442 g/mol. The molecule has 3 heterocycles. The van der Waals surface area contributed by atoms with E-state index in [0.717, 1.165) is 13.1 Å². The van der Waals surface area contributed by atoms with Gasteiger partial charge in [-0.1, -0.05) is 24.3 Å². The highest BCUT2D eigenvalue weighted by Crippen LogP contribution is 2.41. The van der Waals surface area contributed by atoms with Crippen molar-refractivity contribution < 1.29 is 28.4 Å². The Morgan fingerprint density at radius 1 is 1.18 bits per heavy atom. The molecule has 0 saturated heterocycles. The molecular formula is C24H25N3O7. The summed E-state index contributed by atoms with van der Waals surface area (Å²) in [4.78, 5) is 42.8. The molecule has 0 amide bonds. The van der Waals surface area contributed by atoms with Crippen LogP contribution >= 0.6 is 0 Å². The number of benzene rings is 1. The molecule has 4 rings (SSSR count). The second-order valence-corrected chi connectivity index (χ2v) is 8.28. The van der Waals surface area contributed by atoms with E-state index in [9.17, 15) is 19.7 Å². The zero-order valence-electron chi connectivity index (χ0n) is 19.1. The van der Waals surface area contributed by atoms with E-state index in [1.54, 1.807) is 13.8 Å². The number of allylic oxidation sites excluding steroid dienone is 1. The van der Waals surface area contributed by atoms with E-state index in [0.29, 0.717) is 18.0 Å². The molecule has 0 aliphatic carbocycles. The lowest BCUT2D eigenvalue weighted by molar-refractivity contribution is -0.402. The molecule has 0 fully saturated rings. The number of esters is 2. The van der Waals surface area contributed by atoms with Gasteiger partial charge in [0.05, 0.1) is 24.7 Å². The van der Waals surface area contributed by atoms with Crippen molar-refractivity contribution in [3.63, 3.8) is 0 Å². The van der Waals surface area contributed by atoms with Crippen LogP contribution in [0, 0.1) is 16.0 Å². The van der Waals surface area contributed by atoms with E-state index in [4.69, 9.17) is 13.9 Å². The average Bonchev–Trinajstić information content (AvgIpc) is 3.45. The van der Waals surface area contributed by atoms with Gasteiger partial charge >= 0.3 is 17.8 Å². The van der Waals surface area contributed by atoms with Crippen molar-refractivity contribution in [2.45, 2.75) is 32.9 Å². The second-order valence-electron chi connectivity index (χ2n) is 8.28. The van der Waals surface area contributed by atoms with Crippen LogP contribution < -0.4 is 0 Å². The molecule has 0 radical (unpaired) electrons.